The van der Waals surface area contributed by atoms with Crippen LogP contribution in [0.5, 0.6) is 5.75 Å². The number of aromatic hydroxyl groups is 1. The molecule has 2 N–H and O–H groups in total. The number of carbonyl (C=O) groups is 5. The molecule has 0 bridgehead atoms. The van der Waals surface area contributed by atoms with E-state index < -0.39 is 63.1 Å². The van der Waals surface area contributed by atoms with Crippen LogP contribution in [0.25, 0.3) is 5.57 Å². The maximum absolute atomic E-state index is 14.7. The lowest BCUT2D eigenvalue weighted by Crippen LogP contribution is -2.76. The van der Waals surface area contributed by atoms with Crippen LogP contribution in [-0.2, 0) is 25.6 Å². The molecule has 7 nitrogen and oxygen atoms in total. The van der Waals surface area contributed by atoms with Gasteiger partial charge in [-0.1, -0.05) is 80.0 Å². The number of allylic oxidation sites excluding steroid dienone is 4. The molecule has 2 fully saturated rings. The second-order valence-electron chi connectivity index (χ2n) is 17.0. The number of phenols is 1. The van der Waals surface area contributed by atoms with Crippen molar-refractivity contribution in [3.8, 4) is 5.75 Å². The van der Waals surface area contributed by atoms with Gasteiger partial charge in [-0.2, -0.15) is 0 Å². The van der Waals surface area contributed by atoms with Crippen LogP contribution in [0.2, 0.25) is 0 Å². The summed E-state index contributed by atoms with van der Waals surface area (Å²) in [6.07, 6.45) is 6.98. The second kappa shape index (κ2) is 10.9. The van der Waals surface area contributed by atoms with Crippen LogP contribution in [0.4, 0.5) is 0 Å². The van der Waals surface area contributed by atoms with E-state index in [0.717, 1.165) is 30.9 Å². The van der Waals surface area contributed by atoms with E-state index in [1.807, 2.05) is 32.9 Å². The van der Waals surface area contributed by atoms with Crippen molar-refractivity contribution < 1.29 is 34.2 Å². The molecule has 248 valence electrons. The number of hydrogen-bond acceptors (Lipinski definition) is 7. The van der Waals surface area contributed by atoms with Crippen LogP contribution in [0, 0.1) is 39.9 Å². The summed E-state index contributed by atoms with van der Waals surface area (Å²) in [7, 11) is 0. The molecule has 0 spiro atoms. The number of fused-ring (bicyclic) bond motifs is 3. The summed E-state index contributed by atoms with van der Waals surface area (Å²) >= 11 is 0. The Morgan fingerprint density at radius 3 is 2.20 bits per heavy atom. The number of carbonyl (C=O) groups excluding carboxylic acids is 5. The van der Waals surface area contributed by atoms with Gasteiger partial charge in [0.15, 0.2) is 28.7 Å². The number of ketones is 5. The Morgan fingerprint density at radius 1 is 1.02 bits per heavy atom. The van der Waals surface area contributed by atoms with Crippen LogP contribution in [0.1, 0.15) is 128 Å². The molecule has 4 aliphatic carbocycles. The summed E-state index contributed by atoms with van der Waals surface area (Å²) in [6.45, 7) is 18.8. The quantitative estimate of drug-likeness (QED) is 0.333. The number of benzene rings is 1. The Balaban J connectivity index is 1.64. The molecule has 0 radical (unpaired) electrons. The molecule has 0 aromatic heterocycles. The van der Waals surface area contributed by atoms with E-state index in [9.17, 15) is 34.2 Å². The first kappa shape index (κ1) is 34.2. The van der Waals surface area contributed by atoms with Crippen molar-refractivity contribution in [2.24, 2.45) is 39.9 Å². The standard InChI is InChI=1S/C39H50O7/c1-19(2)24-16-25(23-12-11-22(15-23)13-14-36(6,7)8)31(41)28-26(24)17-37(9)18-38(10)29(20(3)4)32(42)27(21(5)40)34(44)39(38,46)35(45)30(37)33(28)43/h11-12,16,19-20,27,29-30,41,46H,13-15,17-18H2,1-10H3/t27?,29?,30?,37-,38-,39+/m1/s1. The van der Waals surface area contributed by atoms with E-state index in [1.165, 1.54) is 5.57 Å². The molecular weight excluding hydrogens is 580 g/mol. The predicted octanol–water partition coefficient (Wildman–Crippen LogP) is 6.76. The molecule has 0 aliphatic heterocycles. The summed E-state index contributed by atoms with van der Waals surface area (Å²) in [5, 5.41) is 24.1. The summed E-state index contributed by atoms with van der Waals surface area (Å²) in [5.74, 6) is -8.67. The zero-order valence-corrected chi connectivity index (χ0v) is 29.1. The highest BCUT2D eigenvalue weighted by Crippen LogP contribution is 2.64. The van der Waals surface area contributed by atoms with Gasteiger partial charge in [-0.3, -0.25) is 24.0 Å². The van der Waals surface area contributed by atoms with Crippen LogP contribution in [0.15, 0.2) is 23.8 Å². The third-order valence-electron chi connectivity index (χ3n) is 11.5. The topological polar surface area (TPSA) is 126 Å². The smallest absolute Gasteiger partial charge is 0.190 e. The first-order chi connectivity index (χ1) is 21.1. The Morgan fingerprint density at radius 2 is 1.65 bits per heavy atom. The number of rotatable bonds is 6. The summed E-state index contributed by atoms with van der Waals surface area (Å²) in [4.78, 5) is 69.6. The molecular formula is C39H50O7. The molecule has 3 unspecified atom stereocenters. The first-order valence-electron chi connectivity index (χ1n) is 16.8. The number of Topliss-reactive ketones (excluding diaryl/α,β-unsaturated/α-hetero) is 5. The Kier molecular flexibility index (Phi) is 8.12. The minimum absolute atomic E-state index is 0.000702. The van der Waals surface area contributed by atoms with Gasteiger partial charge in [-0.05, 0) is 84.5 Å². The van der Waals surface area contributed by atoms with E-state index in [1.54, 1.807) is 20.8 Å². The van der Waals surface area contributed by atoms with Crippen molar-refractivity contribution in [2.75, 3.05) is 0 Å². The van der Waals surface area contributed by atoms with Crippen LogP contribution in [-0.4, -0.2) is 44.7 Å². The summed E-state index contributed by atoms with van der Waals surface area (Å²) in [6, 6.07) is 1.98. The third kappa shape index (κ3) is 4.82. The van der Waals surface area contributed by atoms with Crippen molar-refractivity contribution in [2.45, 2.75) is 113 Å². The molecule has 1 aromatic rings. The summed E-state index contributed by atoms with van der Waals surface area (Å²) in [5.41, 5.74) is -0.697. The van der Waals surface area contributed by atoms with E-state index in [0.29, 0.717) is 17.5 Å². The highest BCUT2D eigenvalue weighted by molar-refractivity contribution is 6.32. The van der Waals surface area contributed by atoms with Gasteiger partial charge in [0.05, 0.1) is 11.5 Å². The van der Waals surface area contributed by atoms with Gasteiger partial charge in [-0.25, -0.2) is 0 Å². The summed E-state index contributed by atoms with van der Waals surface area (Å²) < 4.78 is 0. The van der Waals surface area contributed by atoms with E-state index in [-0.39, 0.29) is 41.4 Å². The molecule has 2 saturated carbocycles. The van der Waals surface area contributed by atoms with E-state index in [4.69, 9.17) is 0 Å². The van der Waals surface area contributed by atoms with Crippen molar-refractivity contribution in [1.29, 1.82) is 0 Å². The Labute approximate surface area is 272 Å². The molecule has 1 aromatic carbocycles. The van der Waals surface area contributed by atoms with Gasteiger partial charge in [-0.15, -0.1) is 0 Å². The Hall–Kier alpha value is -3.19. The predicted molar refractivity (Wildman–Crippen MR) is 176 cm³/mol. The fraction of sp³-hybridized carbons (Fsp3) is 0.615. The third-order valence-corrected chi connectivity index (χ3v) is 11.5. The molecule has 5 rings (SSSR count). The zero-order valence-electron chi connectivity index (χ0n) is 29.1. The van der Waals surface area contributed by atoms with Gasteiger partial charge in [0, 0.05) is 16.9 Å². The first-order valence-corrected chi connectivity index (χ1v) is 16.8. The lowest BCUT2D eigenvalue weighted by molar-refractivity contribution is -0.205. The number of hydrogen-bond donors (Lipinski definition) is 2. The maximum atomic E-state index is 14.7. The van der Waals surface area contributed by atoms with Crippen LogP contribution >= 0.6 is 0 Å². The molecule has 4 aliphatic rings. The van der Waals surface area contributed by atoms with Crippen molar-refractivity contribution in [1.82, 2.24) is 0 Å². The molecule has 7 heteroatoms. The maximum Gasteiger partial charge on any atom is 0.190 e. The lowest BCUT2D eigenvalue weighted by atomic mass is 9.39. The van der Waals surface area contributed by atoms with Gasteiger partial charge in [0.25, 0.3) is 0 Å². The Bertz CT molecular complexity index is 1630. The van der Waals surface area contributed by atoms with Crippen molar-refractivity contribution in [3.63, 3.8) is 0 Å². The molecule has 46 heavy (non-hydrogen) atoms. The average molecular weight is 631 g/mol. The monoisotopic (exact) mass is 630 g/mol. The minimum atomic E-state index is -2.70. The normalized spacial score (nSPS) is 32.8. The lowest BCUT2D eigenvalue weighted by Gasteiger charge is -2.62. The van der Waals surface area contributed by atoms with Gasteiger partial charge >= 0.3 is 0 Å². The molecule has 0 amide bonds. The molecule has 0 saturated heterocycles. The van der Waals surface area contributed by atoms with Gasteiger partial charge in [0.1, 0.15) is 17.5 Å². The SMILES string of the molecule is CC(=O)C1C(=O)C(C(C)C)[C@@]2(C)C[C@@]3(C)Cc4c(C(C)C)cc(C5=CC=C(CCC(C)(C)C)C5)c(O)c4C(=O)C3C(=O)[C@@]2(O)C1=O. The fourth-order valence-corrected chi connectivity index (χ4v) is 9.46. The number of phenolic OH excluding ortho intramolecular Hbond substituents is 1. The largest absolute Gasteiger partial charge is 0.507 e. The highest BCUT2D eigenvalue weighted by atomic mass is 16.3. The van der Waals surface area contributed by atoms with Crippen molar-refractivity contribution >= 4 is 34.5 Å². The zero-order chi connectivity index (χ0) is 34.5. The minimum Gasteiger partial charge on any atom is -0.507 e. The van der Waals surface area contributed by atoms with Crippen LogP contribution in [0.3, 0.4) is 0 Å². The van der Waals surface area contributed by atoms with Gasteiger partial charge < -0.3 is 10.2 Å². The van der Waals surface area contributed by atoms with Gasteiger partial charge in [0.2, 0.25) is 0 Å². The van der Waals surface area contributed by atoms with Crippen LogP contribution < -0.4 is 0 Å². The fourth-order valence-electron chi connectivity index (χ4n) is 9.46. The molecule has 6 atom stereocenters. The highest BCUT2D eigenvalue weighted by Gasteiger charge is 2.76. The number of aliphatic hydroxyl groups is 1. The van der Waals surface area contributed by atoms with E-state index >= 15 is 0 Å². The van der Waals surface area contributed by atoms with Crippen molar-refractivity contribution in [3.05, 3.63) is 46.0 Å². The van der Waals surface area contributed by atoms with E-state index in [2.05, 4.69) is 26.8 Å². The molecule has 0 heterocycles. The second-order valence-corrected chi connectivity index (χ2v) is 17.0. The average Bonchev–Trinajstić information content (AvgIpc) is 3.37.